The maximum Gasteiger partial charge on any atom is 0.380 e. The Morgan fingerprint density at radius 1 is 0.850 bits per heavy atom. The molecule has 4 heterocycles. The van der Waals surface area contributed by atoms with Gasteiger partial charge in [-0.1, -0.05) is 32.3 Å². The number of rotatable bonds is 9. The molecule has 0 spiro atoms. The Balaban J connectivity index is 1.45. The van der Waals surface area contributed by atoms with Gasteiger partial charge in [0.15, 0.2) is 0 Å². The Morgan fingerprint density at radius 2 is 1.50 bits per heavy atom. The molecular formula is C29H27BrF6S4. The van der Waals surface area contributed by atoms with Crippen molar-refractivity contribution in [2.75, 3.05) is 0 Å². The van der Waals surface area contributed by atoms with Crippen molar-refractivity contribution in [3.8, 4) is 0 Å². The summed E-state index contributed by atoms with van der Waals surface area (Å²) in [6, 6.07) is 6.91. The SMILES string of the molecule is CCCCCCc1ccc(C2=CCC(c3cc(C4=C(c5cc(Br)sc5C)C(F)(F)C(F)(F)C4(F)F)c(C)s3)S2)s1. The molecule has 0 N–H and O–H groups in total. The molecule has 1 atom stereocenters. The fourth-order valence-electron chi connectivity index (χ4n) is 5.21. The summed E-state index contributed by atoms with van der Waals surface area (Å²) < 4.78 is 90.9. The van der Waals surface area contributed by atoms with Crippen LogP contribution in [0, 0.1) is 13.8 Å². The fourth-order valence-corrected chi connectivity index (χ4v) is 10.5. The minimum atomic E-state index is -5.55. The van der Waals surface area contributed by atoms with Crippen molar-refractivity contribution in [2.24, 2.45) is 0 Å². The van der Waals surface area contributed by atoms with E-state index in [1.165, 1.54) is 61.5 Å². The molecule has 0 saturated carbocycles. The Hall–Kier alpha value is -1.01. The number of halogens is 7. The Morgan fingerprint density at radius 3 is 2.12 bits per heavy atom. The molecule has 0 bridgehead atoms. The Labute approximate surface area is 254 Å². The van der Waals surface area contributed by atoms with Crippen molar-refractivity contribution in [2.45, 2.75) is 82.3 Å². The smallest absolute Gasteiger partial charge is 0.194 e. The van der Waals surface area contributed by atoms with Gasteiger partial charge < -0.3 is 0 Å². The minimum Gasteiger partial charge on any atom is -0.194 e. The molecule has 1 unspecified atom stereocenters. The third kappa shape index (κ3) is 5.09. The zero-order valence-electron chi connectivity index (χ0n) is 22.0. The van der Waals surface area contributed by atoms with E-state index in [4.69, 9.17) is 0 Å². The Kier molecular flexibility index (Phi) is 8.56. The average Bonchev–Trinajstić information content (AvgIpc) is 3.67. The predicted molar refractivity (Wildman–Crippen MR) is 163 cm³/mol. The zero-order valence-corrected chi connectivity index (χ0v) is 26.8. The van der Waals surface area contributed by atoms with Crippen LogP contribution in [0.5, 0.6) is 0 Å². The molecule has 1 aliphatic heterocycles. The van der Waals surface area contributed by atoms with Crippen LogP contribution in [0.3, 0.4) is 0 Å². The lowest BCUT2D eigenvalue weighted by molar-refractivity contribution is -0.254. The molecule has 11 heteroatoms. The van der Waals surface area contributed by atoms with Gasteiger partial charge >= 0.3 is 17.8 Å². The molecule has 0 saturated heterocycles. The van der Waals surface area contributed by atoms with Crippen LogP contribution in [-0.4, -0.2) is 17.8 Å². The highest BCUT2D eigenvalue weighted by Crippen LogP contribution is 2.66. The van der Waals surface area contributed by atoms with Crippen LogP contribution in [0.1, 0.15) is 79.8 Å². The van der Waals surface area contributed by atoms with Crippen LogP contribution in [-0.2, 0) is 6.42 Å². The molecule has 216 valence electrons. The van der Waals surface area contributed by atoms with Gasteiger partial charge in [0.05, 0.1) is 3.79 Å². The highest BCUT2D eigenvalue weighted by molar-refractivity contribution is 9.11. The molecule has 2 aliphatic rings. The van der Waals surface area contributed by atoms with Gasteiger partial charge in [-0.2, -0.15) is 26.3 Å². The first-order chi connectivity index (χ1) is 18.8. The minimum absolute atomic E-state index is 0.0975. The number of unbranched alkanes of at least 4 members (excludes halogenated alkanes) is 3. The molecule has 0 amide bonds. The highest BCUT2D eigenvalue weighted by Gasteiger charge is 2.80. The summed E-state index contributed by atoms with van der Waals surface area (Å²) in [5.74, 6) is -15.6. The highest BCUT2D eigenvalue weighted by atomic mass is 79.9. The second-order valence-corrected chi connectivity index (χ2v) is 16.4. The van der Waals surface area contributed by atoms with Crippen LogP contribution in [0.25, 0.3) is 16.1 Å². The van der Waals surface area contributed by atoms with Crippen molar-refractivity contribution in [1.29, 1.82) is 0 Å². The zero-order chi connectivity index (χ0) is 29.0. The van der Waals surface area contributed by atoms with Crippen LogP contribution in [0.2, 0.25) is 0 Å². The summed E-state index contributed by atoms with van der Waals surface area (Å²) in [5.41, 5.74) is -3.04. The van der Waals surface area contributed by atoms with E-state index < -0.39 is 28.9 Å². The third-order valence-corrected chi connectivity index (χ3v) is 12.9. The molecule has 0 nitrogen and oxygen atoms in total. The largest absolute Gasteiger partial charge is 0.380 e. The molecular weight excluding hydrogens is 670 g/mol. The molecule has 0 aromatic carbocycles. The summed E-state index contributed by atoms with van der Waals surface area (Å²) in [4.78, 5) is 4.88. The van der Waals surface area contributed by atoms with Gasteiger partial charge in [-0.25, -0.2) is 0 Å². The van der Waals surface area contributed by atoms with E-state index >= 15 is 17.6 Å². The van der Waals surface area contributed by atoms with E-state index in [1.54, 1.807) is 23.1 Å². The maximum absolute atomic E-state index is 15.3. The van der Waals surface area contributed by atoms with Gasteiger partial charge in [-0.3, -0.25) is 0 Å². The summed E-state index contributed by atoms with van der Waals surface area (Å²) in [6.45, 7) is 5.19. The number of thiophene rings is 3. The summed E-state index contributed by atoms with van der Waals surface area (Å²) in [6.07, 6.45) is 8.59. The van der Waals surface area contributed by atoms with E-state index in [2.05, 4.69) is 41.1 Å². The van der Waals surface area contributed by atoms with Gasteiger partial charge in [0.2, 0.25) is 0 Å². The molecule has 0 radical (unpaired) electrons. The van der Waals surface area contributed by atoms with E-state index in [0.29, 0.717) is 20.0 Å². The first-order valence-corrected chi connectivity index (χ1v) is 17.1. The number of hydrogen-bond acceptors (Lipinski definition) is 4. The second kappa shape index (κ2) is 11.2. The van der Waals surface area contributed by atoms with E-state index in [9.17, 15) is 8.78 Å². The lowest BCUT2D eigenvalue weighted by atomic mass is 9.95. The first kappa shape index (κ1) is 30.4. The monoisotopic (exact) mass is 696 g/mol. The van der Waals surface area contributed by atoms with Crippen molar-refractivity contribution in [3.63, 3.8) is 0 Å². The molecule has 3 aromatic heterocycles. The standard InChI is InChI=1S/C29H27BrF6S4/c1-4-5-6-7-8-17-9-10-20(39-17)21-11-12-22(40-21)23-13-18(15(2)37-23)25-26(19-14-24(30)38-16(19)3)28(33,34)29(35,36)27(25,31)32/h9-11,13-14,22H,4-8,12H2,1-3H3. The van der Waals surface area contributed by atoms with Crippen molar-refractivity contribution >= 4 is 77.8 Å². The number of hydrogen-bond donors (Lipinski definition) is 0. The lowest BCUT2D eigenvalue weighted by Gasteiger charge is -2.25. The van der Waals surface area contributed by atoms with Crippen molar-refractivity contribution in [1.82, 2.24) is 0 Å². The average molecular weight is 698 g/mol. The first-order valence-electron chi connectivity index (χ1n) is 13.0. The van der Waals surface area contributed by atoms with Gasteiger partial charge in [0.25, 0.3) is 0 Å². The van der Waals surface area contributed by atoms with Crippen molar-refractivity contribution in [3.05, 3.63) is 69.6 Å². The molecule has 40 heavy (non-hydrogen) atoms. The maximum atomic E-state index is 15.3. The molecule has 3 aromatic rings. The summed E-state index contributed by atoms with van der Waals surface area (Å²) >= 11 is 8.79. The quantitative estimate of drug-likeness (QED) is 0.158. The van der Waals surface area contributed by atoms with E-state index in [-0.39, 0.29) is 21.3 Å². The van der Waals surface area contributed by atoms with Gasteiger partial charge in [0.1, 0.15) is 0 Å². The van der Waals surface area contributed by atoms with Crippen LogP contribution < -0.4 is 0 Å². The fraction of sp³-hybridized carbons (Fsp3) is 0.448. The predicted octanol–water partition coefficient (Wildman–Crippen LogP) is 12.4. The Bertz CT molecular complexity index is 1470. The number of thioether (sulfide) groups is 1. The van der Waals surface area contributed by atoms with Crippen LogP contribution in [0.15, 0.2) is 34.1 Å². The number of alkyl halides is 6. The number of aryl methyl sites for hydroxylation is 3. The number of allylic oxidation sites excluding steroid dienone is 3. The summed E-state index contributed by atoms with van der Waals surface area (Å²) in [5, 5.41) is -0.0975. The third-order valence-electron chi connectivity index (χ3n) is 7.31. The molecule has 0 fully saturated rings. The van der Waals surface area contributed by atoms with Gasteiger partial charge in [0, 0.05) is 45.7 Å². The van der Waals surface area contributed by atoms with Crippen molar-refractivity contribution < 1.29 is 26.3 Å². The molecule has 1 aliphatic carbocycles. The van der Waals surface area contributed by atoms with Gasteiger partial charge in [-0.15, -0.1) is 45.8 Å². The van der Waals surface area contributed by atoms with E-state index in [0.717, 1.165) is 34.0 Å². The molecule has 5 rings (SSSR count). The van der Waals surface area contributed by atoms with Crippen LogP contribution >= 0.6 is 61.7 Å². The lowest BCUT2D eigenvalue weighted by Crippen LogP contribution is -2.48. The topological polar surface area (TPSA) is 0 Å². The van der Waals surface area contributed by atoms with E-state index in [1.807, 2.05) is 0 Å². The summed E-state index contributed by atoms with van der Waals surface area (Å²) in [7, 11) is 0. The normalized spacial score (nSPS) is 21.4. The van der Waals surface area contributed by atoms with Crippen LogP contribution in [0.4, 0.5) is 26.3 Å². The van der Waals surface area contributed by atoms with Gasteiger partial charge in [-0.05, 0) is 84.4 Å². The second-order valence-electron chi connectivity index (χ2n) is 10.1.